The van der Waals surface area contributed by atoms with Crippen molar-refractivity contribution < 1.29 is 14.3 Å². The molecule has 0 fully saturated rings. The lowest BCUT2D eigenvalue weighted by molar-refractivity contribution is 0.112. The molecule has 0 amide bonds. The van der Waals surface area contributed by atoms with Crippen molar-refractivity contribution in [3.05, 3.63) is 34.3 Å². The summed E-state index contributed by atoms with van der Waals surface area (Å²) in [4.78, 5) is 15.1. The van der Waals surface area contributed by atoms with Crippen LogP contribution >= 0.6 is 15.9 Å². The average molecular weight is 354 g/mol. The van der Waals surface area contributed by atoms with Crippen LogP contribution in [0.25, 0.3) is 0 Å². The first-order valence-corrected chi connectivity index (χ1v) is 7.39. The number of benzene rings is 1. The fraction of sp³-hybridized carbons (Fsp3) is 0.357. The molecule has 21 heavy (non-hydrogen) atoms. The summed E-state index contributed by atoms with van der Waals surface area (Å²) in [5, 5.41) is 4.09. The molecule has 2 aromatic rings. The van der Waals surface area contributed by atoms with Gasteiger partial charge in [-0.15, -0.1) is 0 Å². The second-order valence-corrected chi connectivity index (χ2v) is 5.02. The Bertz CT molecular complexity index is 628. The van der Waals surface area contributed by atoms with Gasteiger partial charge in [0.1, 0.15) is 19.2 Å². The van der Waals surface area contributed by atoms with Crippen molar-refractivity contribution in [2.75, 3.05) is 6.61 Å². The number of rotatable bonds is 7. The van der Waals surface area contributed by atoms with Crippen LogP contribution in [0.1, 0.15) is 30.0 Å². The number of aldehydes is 1. The molecule has 112 valence electrons. The number of aromatic nitrogens is 3. The molecule has 1 aromatic carbocycles. The highest BCUT2D eigenvalue weighted by molar-refractivity contribution is 9.10. The largest absolute Gasteiger partial charge is 0.490 e. The third-order valence-electron chi connectivity index (χ3n) is 2.81. The summed E-state index contributed by atoms with van der Waals surface area (Å²) in [6.45, 7) is 5.34. The Morgan fingerprint density at radius 1 is 1.33 bits per heavy atom. The van der Waals surface area contributed by atoms with E-state index in [2.05, 4.69) is 26.0 Å². The third-order valence-corrected chi connectivity index (χ3v) is 3.40. The maximum atomic E-state index is 10.9. The Morgan fingerprint density at radius 2 is 2.14 bits per heavy atom. The number of halogens is 1. The molecule has 0 saturated heterocycles. The van der Waals surface area contributed by atoms with E-state index in [-0.39, 0.29) is 6.61 Å². The highest BCUT2D eigenvalue weighted by Gasteiger charge is 2.13. The van der Waals surface area contributed by atoms with Crippen molar-refractivity contribution in [1.82, 2.24) is 14.8 Å². The van der Waals surface area contributed by atoms with E-state index in [0.29, 0.717) is 28.1 Å². The van der Waals surface area contributed by atoms with E-state index >= 15 is 0 Å². The molecule has 0 saturated carbocycles. The van der Waals surface area contributed by atoms with Gasteiger partial charge in [0.15, 0.2) is 17.3 Å². The second-order valence-electron chi connectivity index (χ2n) is 4.16. The fourth-order valence-corrected chi connectivity index (χ4v) is 2.43. The minimum atomic E-state index is 0.271. The molecular formula is C14H16BrN3O3. The standard InChI is InChI=1S/C14H16BrN3O3/c1-3-18-13(16-9-17-18)8-21-14-11(15)5-10(7-19)6-12(14)20-4-2/h5-7,9H,3-4,8H2,1-2H3. The van der Waals surface area contributed by atoms with Crippen LogP contribution in [0.15, 0.2) is 22.9 Å². The van der Waals surface area contributed by atoms with Crippen LogP contribution in [-0.2, 0) is 13.2 Å². The minimum absolute atomic E-state index is 0.271. The third kappa shape index (κ3) is 3.60. The predicted molar refractivity (Wildman–Crippen MR) is 80.7 cm³/mol. The molecule has 0 N–H and O–H groups in total. The van der Waals surface area contributed by atoms with Crippen molar-refractivity contribution in [3.8, 4) is 11.5 Å². The van der Waals surface area contributed by atoms with Crippen molar-refractivity contribution >= 4 is 22.2 Å². The molecule has 0 radical (unpaired) electrons. The Hall–Kier alpha value is -1.89. The second kappa shape index (κ2) is 7.21. The summed E-state index contributed by atoms with van der Waals surface area (Å²) in [5.74, 6) is 1.80. The quantitative estimate of drug-likeness (QED) is 0.716. The van der Waals surface area contributed by atoms with E-state index in [1.54, 1.807) is 16.8 Å². The summed E-state index contributed by atoms with van der Waals surface area (Å²) >= 11 is 3.40. The summed E-state index contributed by atoms with van der Waals surface area (Å²) in [6.07, 6.45) is 2.26. The van der Waals surface area contributed by atoms with Gasteiger partial charge in [-0.05, 0) is 41.9 Å². The number of hydrogen-bond acceptors (Lipinski definition) is 5. The normalized spacial score (nSPS) is 10.4. The Morgan fingerprint density at radius 3 is 2.81 bits per heavy atom. The number of carbonyl (C=O) groups is 1. The number of aryl methyl sites for hydroxylation is 1. The maximum absolute atomic E-state index is 10.9. The predicted octanol–water partition coefficient (Wildman–Crippen LogP) is 2.85. The van der Waals surface area contributed by atoms with E-state index < -0.39 is 0 Å². The molecule has 0 atom stereocenters. The van der Waals surface area contributed by atoms with Crippen LogP contribution in [0.4, 0.5) is 0 Å². The molecule has 0 bridgehead atoms. The lowest BCUT2D eigenvalue weighted by Crippen LogP contribution is -2.08. The Balaban J connectivity index is 2.24. The van der Waals surface area contributed by atoms with Gasteiger partial charge in [0.2, 0.25) is 0 Å². The van der Waals surface area contributed by atoms with Gasteiger partial charge in [-0.25, -0.2) is 9.67 Å². The van der Waals surface area contributed by atoms with Crippen molar-refractivity contribution in [1.29, 1.82) is 0 Å². The lowest BCUT2D eigenvalue weighted by Gasteiger charge is -2.14. The molecule has 7 heteroatoms. The van der Waals surface area contributed by atoms with Crippen molar-refractivity contribution in [2.24, 2.45) is 0 Å². The Kier molecular flexibility index (Phi) is 5.32. The summed E-state index contributed by atoms with van der Waals surface area (Å²) in [5.41, 5.74) is 0.523. The number of hydrogen-bond donors (Lipinski definition) is 0. The minimum Gasteiger partial charge on any atom is -0.490 e. The summed E-state index contributed by atoms with van der Waals surface area (Å²) in [6, 6.07) is 3.34. The van der Waals surface area contributed by atoms with Crippen molar-refractivity contribution in [3.63, 3.8) is 0 Å². The number of nitrogens with zero attached hydrogens (tertiary/aromatic N) is 3. The van der Waals surface area contributed by atoms with Crippen LogP contribution < -0.4 is 9.47 Å². The van der Waals surface area contributed by atoms with Gasteiger partial charge in [-0.3, -0.25) is 4.79 Å². The molecule has 1 aromatic heterocycles. The smallest absolute Gasteiger partial charge is 0.176 e. The van der Waals surface area contributed by atoms with E-state index in [1.807, 2.05) is 13.8 Å². The van der Waals surface area contributed by atoms with Crippen LogP contribution in [-0.4, -0.2) is 27.7 Å². The number of ether oxygens (including phenoxy) is 2. The molecule has 6 nitrogen and oxygen atoms in total. The molecule has 0 aliphatic carbocycles. The molecule has 0 aliphatic heterocycles. The Labute approximate surface area is 131 Å². The van der Waals surface area contributed by atoms with E-state index in [0.717, 1.165) is 18.7 Å². The van der Waals surface area contributed by atoms with Gasteiger partial charge in [0.05, 0.1) is 11.1 Å². The van der Waals surface area contributed by atoms with E-state index in [1.165, 1.54) is 6.33 Å². The van der Waals surface area contributed by atoms with Crippen LogP contribution in [0.2, 0.25) is 0 Å². The highest BCUT2D eigenvalue weighted by atomic mass is 79.9. The van der Waals surface area contributed by atoms with Crippen LogP contribution in [0.5, 0.6) is 11.5 Å². The van der Waals surface area contributed by atoms with E-state index in [4.69, 9.17) is 9.47 Å². The SMILES string of the molecule is CCOc1cc(C=O)cc(Br)c1OCc1ncnn1CC. The fourth-order valence-electron chi connectivity index (χ4n) is 1.86. The average Bonchev–Trinajstić information content (AvgIpc) is 2.94. The highest BCUT2D eigenvalue weighted by Crippen LogP contribution is 2.37. The van der Waals surface area contributed by atoms with Gasteiger partial charge in [0, 0.05) is 12.1 Å². The first-order chi connectivity index (χ1) is 10.2. The first kappa shape index (κ1) is 15.5. The molecular weight excluding hydrogens is 338 g/mol. The van der Waals surface area contributed by atoms with Crippen LogP contribution in [0, 0.1) is 0 Å². The monoisotopic (exact) mass is 353 g/mol. The molecule has 0 spiro atoms. The molecule has 2 rings (SSSR count). The topological polar surface area (TPSA) is 66.2 Å². The van der Waals surface area contributed by atoms with Crippen LogP contribution in [0.3, 0.4) is 0 Å². The molecule has 0 unspecified atom stereocenters. The maximum Gasteiger partial charge on any atom is 0.176 e. The van der Waals surface area contributed by atoms with Gasteiger partial charge in [0.25, 0.3) is 0 Å². The van der Waals surface area contributed by atoms with Gasteiger partial charge in [-0.2, -0.15) is 5.10 Å². The van der Waals surface area contributed by atoms with Crippen molar-refractivity contribution in [2.45, 2.75) is 27.0 Å². The lowest BCUT2D eigenvalue weighted by atomic mass is 10.2. The van der Waals surface area contributed by atoms with Gasteiger partial charge < -0.3 is 9.47 Å². The number of carbonyl (C=O) groups excluding carboxylic acids is 1. The summed E-state index contributed by atoms with van der Waals surface area (Å²) in [7, 11) is 0. The molecule has 1 heterocycles. The zero-order valence-corrected chi connectivity index (χ0v) is 13.5. The summed E-state index contributed by atoms with van der Waals surface area (Å²) < 4.78 is 13.7. The first-order valence-electron chi connectivity index (χ1n) is 6.60. The molecule has 0 aliphatic rings. The zero-order chi connectivity index (χ0) is 15.2. The zero-order valence-electron chi connectivity index (χ0n) is 11.9. The van der Waals surface area contributed by atoms with Gasteiger partial charge in [-0.1, -0.05) is 0 Å². The van der Waals surface area contributed by atoms with Gasteiger partial charge >= 0.3 is 0 Å². The van der Waals surface area contributed by atoms with E-state index in [9.17, 15) is 4.79 Å².